The lowest BCUT2D eigenvalue weighted by Gasteiger charge is -2.05. The molecule has 0 radical (unpaired) electrons. The highest BCUT2D eigenvalue weighted by Crippen LogP contribution is 2.23. The number of aromatic nitrogens is 3. The van der Waals surface area contributed by atoms with Gasteiger partial charge in [-0.25, -0.2) is 4.68 Å². The standard InChI is InChI=1S/C14H11N3O2/c18-14(19)9-17-13(8-15-16-17)12-6-5-10-3-1-2-4-11(10)7-12/h1-8H,9H2,(H,18,19). The van der Waals surface area contributed by atoms with E-state index in [1.165, 1.54) is 4.68 Å². The van der Waals surface area contributed by atoms with Crippen LogP contribution in [0.1, 0.15) is 0 Å². The van der Waals surface area contributed by atoms with Gasteiger partial charge in [0, 0.05) is 5.56 Å². The molecule has 3 aromatic rings. The maximum Gasteiger partial charge on any atom is 0.325 e. The summed E-state index contributed by atoms with van der Waals surface area (Å²) in [6.07, 6.45) is 1.58. The van der Waals surface area contributed by atoms with Crippen LogP contribution in [0.2, 0.25) is 0 Å². The second-order valence-electron chi connectivity index (χ2n) is 4.23. The van der Waals surface area contributed by atoms with E-state index in [9.17, 15) is 4.79 Å². The average Bonchev–Trinajstić information content (AvgIpc) is 2.85. The van der Waals surface area contributed by atoms with Gasteiger partial charge in [0.25, 0.3) is 0 Å². The highest BCUT2D eigenvalue weighted by molar-refractivity contribution is 5.86. The van der Waals surface area contributed by atoms with Crippen molar-refractivity contribution >= 4 is 16.7 Å². The Hall–Kier alpha value is -2.69. The summed E-state index contributed by atoms with van der Waals surface area (Å²) in [7, 11) is 0. The van der Waals surface area contributed by atoms with E-state index in [1.807, 2.05) is 42.5 Å². The second-order valence-corrected chi connectivity index (χ2v) is 4.23. The Balaban J connectivity index is 2.09. The van der Waals surface area contributed by atoms with E-state index in [-0.39, 0.29) is 6.54 Å². The number of nitrogens with zero attached hydrogens (tertiary/aromatic N) is 3. The van der Waals surface area contributed by atoms with Gasteiger partial charge in [0.05, 0.1) is 11.9 Å². The van der Waals surface area contributed by atoms with Gasteiger partial charge in [0.15, 0.2) is 0 Å². The minimum Gasteiger partial charge on any atom is -0.480 e. The van der Waals surface area contributed by atoms with Gasteiger partial charge in [-0.15, -0.1) is 5.10 Å². The van der Waals surface area contributed by atoms with E-state index < -0.39 is 5.97 Å². The molecule has 0 atom stereocenters. The number of rotatable bonds is 3. The van der Waals surface area contributed by atoms with Crippen LogP contribution in [-0.2, 0) is 11.3 Å². The van der Waals surface area contributed by atoms with Gasteiger partial charge in [-0.2, -0.15) is 0 Å². The van der Waals surface area contributed by atoms with Gasteiger partial charge in [-0.05, 0) is 16.8 Å². The molecule has 0 unspecified atom stereocenters. The first-order valence-corrected chi connectivity index (χ1v) is 5.83. The zero-order valence-electron chi connectivity index (χ0n) is 10.0. The third-order valence-corrected chi connectivity index (χ3v) is 2.95. The third-order valence-electron chi connectivity index (χ3n) is 2.95. The molecule has 0 spiro atoms. The van der Waals surface area contributed by atoms with Gasteiger partial charge < -0.3 is 5.11 Å². The summed E-state index contributed by atoms with van der Waals surface area (Å²) in [5, 5.41) is 18.7. The minimum absolute atomic E-state index is 0.192. The number of hydrogen-bond acceptors (Lipinski definition) is 3. The number of aliphatic carboxylic acids is 1. The van der Waals surface area contributed by atoms with Crippen LogP contribution in [0, 0.1) is 0 Å². The average molecular weight is 253 g/mol. The summed E-state index contributed by atoms with van der Waals surface area (Å²) in [4.78, 5) is 10.8. The fraction of sp³-hybridized carbons (Fsp3) is 0.0714. The van der Waals surface area contributed by atoms with Crippen LogP contribution in [-0.4, -0.2) is 26.1 Å². The highest BCUT2D eigenvalue weighted by atomic mass is 16.4. The summed E-state index contributed by atoms with van der Waals surface area (Å²) in [5.41, 5.74) is 1.61. The van der Waals surface area contributed by atoms with Crippen LogP contribution in [0.5, 0.6) is 0 Å². The fourth-order valence-electron chi connectivity index (χ4n) is 2.07. The molecule has 1 N–H and O–H groups in total. The Bertz CT molecular complexity index is 749. The fourth-order valence-corrected chi connectivity index (χ4v) is 2.07. The Morgan fingerprint density at radius 1 is 1.16 bits per heavy atom. The molecule has 0 aliphatic rings. The molecule has 0 aliphatic heterocycles. The summed E-state index contributed by atoms with van der Waals surface area (Å²) in [6.45, 7) is -0.192. The molecule has 2 aromatic carbocycles. The molecule has 0 bridgehead atoms. The summed E-state index contributed by atoms with van der Waals surface area (Å²) in [5.74, 6) is -0.937. The Kier molecular flexibility index (Phi) is 2.72. The Morgan fingerprint density at radius 3 is 2.74 bits per heavy atom. The van der Waals surface area contributed by atoms with E-state index in [0.717, 1.165) is 16.3 Å². The van der Waals surface area contributed by atoms with Gasteiger partial charge in [0.2, 0.25) is 0 Å². The second kappa shape index (κ2) is 4.53. The topological polar surface area (TPSA) is 68.0 Å². The molecule has 5 nitrogen and oxygen atoms in total. The quantitative estimate of drug-likeness (QED) is 0.776. The number of carboxylic acid groups (broad SMARTS) is 1. The van der Waals surface area contributed by atoms with Gasteiger partial charge in [0.1, 0.15) is 6.54 Å². The van der Waals surface area contributed by atoms with Crippen molar-refractivity contribution in [3.63, 3.8) is 0 Å². The van der Waals surface area contributed by atoms with Crippen molar-refractivity contribution in [1.29, 1.82) is 0 Å². The van der Waals surface area contributed by atoms with Crippen molar-refractivity contribution in [3.05, 3.63) is 48.7 Å². The molecule has 0 saturated heterocycles. The predicted molar refractivity (Wildman–Crippen MR) is 70.6 cm³/mol. The number of carboxylic acids is 1. The minimum atomic E-state index is -0.937. The number of fused-ring (bicyclic) bond motifs is 1. The summed E-state index contributed by atoms with van der Waals surface area (Å²) < 4.78 is 1.38. The van der Waals surface area contributed by atoms with Crippen molar-refractivity contribution in [2.45, 2.75) is 6.54 Å². The first kappa shape index (κ1) is 11.4. The van der Waals surface area contributed by atoms with E-state index in [2.05, 4.69) is 10.3 Å². The van der Waals surface area contributed by atoms with Crippen LogP contribution in [0.3, 0.4) is 0 Å². The number of benzene rings is 2. The van der Waals surface area contributed by atoms with Crippen molar-refractivity contribution < 1.29 is 9.90 Å². The van der Waals surface area contributed by atoms with Crippen molar-refractivity contribution in [1.82, 2.24) is 15.0 Å². The van der Waals surface area contributed by atoms with E-state index in [1.54, 1.807) is 6.20 Å². The normalized spacial score (nSPS) is 10.7. The maximum absolute atomic E-state index is 10.8. The summed E-state index contributed by atoms with van der Waals surface area (Å²) >= 11 is 0. The lowest BCUT2D eigenvalue weighted by Crippen LogP contribution is -2.11. The first-order chi connectivity index (χ1) is 9.24. The van der Waals surface area contributed by atoms with Crippen LogP contribution in [0.4, 0.5) is 0 Å². The van der Waals surface area contributed by atoms with E-state index in [4.69, 9.17) is 5.11 Å². The first-order valence-electron chi connectivity index (χ1n) is 5.83. The molecule has 1 aromatic heterocycles. The monoisotopic (exact) mass is 253 g/mol. The molecule has 0 amide bonds. The van der Waals surface area contributed by atoms with Crippen LogP contribution >= 0.6 is 0 Å². The van der Waals surface area contributed by atoms with Gasteiger partial charge in [-0.1, -0.05) is 41.6 Å². The lowest BCUT2D eigenvalue weighted by molar-refractivity contribution is -0.137. The molecule has 0 aliphatic carbocycles. The molecular weight excluding hydrogens is 242 g/mol. The zero-order valence-corrected chi connectivity index (χ0v) is 10.0. The van der Waals surface area contributed by atoms with Crippen LogP contribution < -0.4 is 0 Å². The molecule has 0 fully saturated rings. The number of carbonyl (C=O) groups is 1. The lowest BCUT2D eigenvalue weighted by atomic mass is 10.1. The highest BCUT2D eigenvalue weighted by Gasteiger charge is 2.09. The Morgan fingerprint density at radius 2 is 1.95 bits per heavy atom. The third kappa shape index (κ3) is 2.18. The van der Waals surface area contributed by atoms with Crippen molar-refractivity contribution in [2.24, 2.45) is 0 Å². The Labute approximate surface area is 109 Å². The zero-order chi connectivity index (χ0) is 13.2. The molecule has 3 rings (SSSR count). The van der Waals surface area contributed by atoms with E-state index >= 15 is 0 Å². The van der Waals surface area contributed by atoms with Gasteiger partial charge in [-0.3, -0.25) is 4.79 Å². The van der Waals surface area contributed by atoms with Gasteiger partial charge >= 0.3 is 5.97 Å². The predicted octanol–water partition coefficient (Wildman–Crippen LogP) is 2.18. The molecule has 94 valence electrons. The summed E-state index contributed by atoms with van der Waals surface area (Å²) in [6, 6.07) is 14.0. The molecule has 19 heavy (non-hydrogen) atoms. The molecular formula is C14H11N3O2. The van der Waals surface area contributed by atoms with Crippen molar-refractivity contribution in [3.8, 4) is 11.3 Å². The SMILES string of the molecule is O=C(O)Cn1nncc1-c1ccc2ccccc2c1. The molecule has 1 heterocycles. The van der Waals surface area contributed by atoms with Crippen LogP contribution in [0.25, 0.3) is 22.0 Å². The molecule has 5 heteroatoms. The molecule has 0 saturated carbocycles. The number of hydrogen-bond donors (Lipinski definition) is 1. The van der Waals surface area contributed by atoms with E-state index in [0.29, 0.717) is 5.69 Å². The smallest absolute Gasteiger partial charge is 0.325 e. The maximum atomic E-state index is 10.8. The van der Waals surface area contributed by atoms with Crippen LogP contribution in [0.15, 0.2) is 48.7 Å². The van der Waals surface area contributed by atoms with Crippen molar-refractivity contribution in [2.75, 3.05) is 0 Å². The largest absolute Gasteiger partial charge is 0.480 e.